The Hall–Kier alpha value is -1.77. The number of aryl methyl sites for hydroxylation is 1. The predicted octanol–water partition coefficient (Wildman–Crippen LogP) is 2.36. The number of hydrogen-bond donors (Lipinski definition) is 1. The minimum absolute atomic E-state index is 0.791. The molecule has 1 N–H and O–H groups in total. The average molecular weight is 206 g/mol. The van der Waals surface area contributed by atoms with E-state index in [1.807, 2.05) is 25.1 Å². The Balaban J connectivity index is 3.02. The molecule has 0 spiro atoms. The van der Waals surface area contributed by atoms with E-state index in [0.29, 0.717) is 0 Å². The van der Waals surface area contributed by atoms with E-state index < -0.39 is 5.97 Å². The van der Waals surface area contributed by atoms with Crippen molar-refractivity contribution in [3.8, 4) is 5.75 Å². The number of carboxylic acids is 1. The molecule has 0 heterocycles. The third-order valence-corrected chi connectivity index (χ3v) is 2.14. The van der Waals surface area contributed by atoms with Crippen LogP contribution in [0.5, 0.6) is 5.75 Å². The third kappa shape index (κ3) is 3.13. The molecule has 3 heteroatoms. The molecule has 80 valence electrons. The molecule has 3 nitrogen and oxygen atoms in total. The summed E-state index contributed by atoms with van der Waals surface area (Å²) in [5, 5.41) is 8.53. The lowest BCUT2D eigenvalue weighted by molar-refractivity contribution is -0.131. The van der Waals surface area contributed by atoms with Gasteiger partial charge in [-0.05, 0) is 35.8 Å². The Morgan fingerprint density at radius 2 is 2.27 bits per heavy atom. The van der Waals surface area contributed by atoms with Crippen molar-refractivity contribution in [2.75, 3.05) is 7.11 Å². The van der Waals surface area contributed by atoms with Crippen LogP contribution in [0.15, 0.2) is 24.3 Å². The zero-order valence-electron chi connectivity index (χ0n) is 8.86. The van der Waals surface area contributed by atoms with Crippen LogP contribution in [-0.4, -0.2) is 18.2 Å². The Morgan fingerprint density at radius 1 is 1.53 bits per heavy atom. The molecular formula is C12H14O3. The fourth-order valence-electron chi connectivity index (χ4n) is 1.34. The fraction of sp³-hybridized carbons (Fsp3) is 0.250. The van der Waals surface area contributed by atoms with Crippen LogP contribution in [0.4, 0.5) is 0 Å². The van der Waals surface area contributed by atoms with E-state index in [2.05, 4.69) is 0 Å². The minimum Gasteiger partial charge on any atom is -0.497 e. The van der Waals surface area contributed by atoms with E-state index in [-0.39, 0.29) is 0 Å². The molecule has 0 bridgehead atoms. The summed E-state index contributed by atoms with van der Waals surface area (Å²) in [5.74, 6) is -0.146. The van der Waals surface area contributed by atoms with E-state index >= 15 is 0 Å². The lowest BCUT2D eigenvalue weighted by atomic mass is 10.0. The normalized spacial score (nSPS) is 10.5. The fourth-order valence-corrected chi connectivity index (χ4v) is 1.34. The summed E-state index contributed by atoms with van der Waals surface area (Å²) in [6, 6.07) is 5.60. The van der Waals surface area contributed by atoms with Crippen molar-refractivity contribution in [3.63, 3.8) is 0 Å². The number of ether oxygens (including phenoxy) is 1. The zero-order valence-corrected chi connectivity index (χ0v) is 8.86. The smallest absolute Gasteiger partial charge is 0.328 e. The SMILES string of the molecule is CCc1cc(OC)ccc1C=CC(=O)O. The van der Waals surface area contributed by atoms with Crippen molar-refractivity contribution in [1.82, 2.24) is 0 Å². The molecule has 0 aliphatic heterocycles. The summed E-state index contributed by atoms with van der Waals surface area (Å²) in [5.41, 5.74) is 1.99. The number of carbonyl (C=O) groups is 1. The highest BCUT2D eigenvalue weighted by molar-refractivity contribution is 5.85. The topological polar surface area (TPSA) is 46.5 Å². The number of methoxy groups -OCH3 is 1. The molecule has 0 aliphatic carbocycles. The van der Waals surface area contributed by atoms with Crippen LogP contribution in [0.3, 0.4) is 0 Å². The molecule has 0 aliphatic rings. The van der Waals surface area contributed by atoms with Crippen molar-refractivity contribution < 1.29 is 14.6 Å². The van der Waals surface area contributed by atoms with Gasteiger partial charge < -0.3 is 9.84 Å². The zero-order chi connectivity index (χ0) is 11.3. The first kappa shape index (κ1) is 11.3. The van der Waals surface area contributed by atoms with E-state index in [1.54, 1.807) is 13.2 Å². The maximum Gasteiger partial charge on any atom is 0.328 e. The third-order valence-electron chi connectivity index (χ3n) is 2.14. The van der Waals surface area contributed by atoms with Crippen LogP contribution >= 0.6 is 0 Å². The molecular weight excluding hydrogens is 192 g/mol. The quantitative estimate of drug-likeness (QED) is 0.769. The van der Waals surface area contributed by atoms with Gasteiger partial charge in [0.2, 0.25) is 0 Å². The highest BCUT2D eigenvalue weighted by atomic mass is 16.5. The average Bonchev–Trinajstić information content (AvgIpc) is 2.25. The number of benzene rings is 1. The summed E-state index contributed by atoms with van der Waals surface area (Å²) in [7, 11) is 1.61. The molecule has 0 fully saturated rings. The lowest BCUT2D eigenvalue weighted by Crippen LogP contribution is -1.91. The molecule has 0 atom stereocenters. The van der Waals surface area contributed by atoms with E-state index in [9.17, 15) is 4.79 Å². The number of rotatable bonds is 4. The molecule has 1 aromatic carbocycles. The summed E-state index contributed by atoms with van der Waals surface area (Å²) < 4.78 is 5.10. The van der Waals surface area contributed by atoms with Crippen LogP contribution in [0.1, 0.15) is 18.1 Å². The highest BCUT2D eigenvalue weighted by Gasteiger charge is 2.00. The molecule has 0 aromatic heterocycles. The van der Waals surface area contributed by atoms with Gasteiger partial charge in [-0.25, -0.2) is 4.79 Å². The monoisotopic (exact) mass is 206 g/mol. The van der Waals surface area contributed by atoms with Crippen molar-refractivity contribution in [2.24, 2.45) is 0 Å². The van der Waals surface area contributed by atoms with Gasteiger partial charge >= 0.3 is 5.97 Å². The Labute approximate surface area is 89.0 Å². The van der Waals surface area contributed by atoms with Gasteiger partial charge in [-0.1, -0.05) is 13.0 Å². The second-order valence-corrected chi connectivity index (χ2v) is 3.09. The Bertz CT molecular complexity index is 380. The van der Waals surface area contributed by atoms with Gasteiger partial charge in [-0.2, -0.15) is 0 Å². The summed E-state index contributed by atoms with van der Waals surface area (Å²) in [6.07, 6.45) is 3.58. The van der Waals surface area contributed by atoms with Crippen molar-refractivity contribution >= 4 is 12.0 Å². The van der Waals surface area contributed by atoms with Gasteiger partial charge in [-0.15, -0.1) is 0 Å². The van der Waals surface area contributed by atoms with E-state index in [4.69, 9.17) is 9.84 Å². The van der Waals surface area contributed by atoms with Gasteiger partial charge in [0.1, 0.15) is 5.75 Å². The van der Waals surface area contributed by atoms with Gasteiger partial charge in [0, 0.05) is 6.08 Å². The molecule has 15 heavy (non-hydrogen) atoms. The van der Waals surface area contributed by atoms with Crippen molar-refractivity contribution in [3.05, 3.63) is 35.4 Å². The van der Waals surface area contributed by atoms with Gasteiger partial charge in [0.15, 0.2) is 0 Å². The maximum atomic E-state index is 10.4. The first-order chi connectivity index (χ1) is 7.17. The number of aliphatic carboxylic acids is 1. The van der Waals surface area contributed by atoms with Crippen LogP contribution in [0.2, 0.25) is 0 Å². The lowest BCUT2D eigenvalue weighted by Gasteiger charge is -2.06. The van der Waals surface area contributed by atoms with Gasteiger partial charge in [0.05, 0.1) is 7.11 Å². The van der Waals surface area contributed by atoms with Gasteiger partial charge in [0.25, 0.3) is 0 Å². The molecule has 1 rings (SSSR count). The molecule has 1 aromatic rings. The highest BCUT2D eigenvalue weighted by Crippen LogP contribution is 2.19. The summed E-state index contributed by atoms with van der Waals surface area (Å²) >= 11 is 0. The van der Waals surface area contributed by atoms with Gasteiger partial charge in [-0.3, -0.25) is 0 Å². The van der Waals surface area contributed by atoms with Crippen LogP contribution in [-0.2, 0) is 11.2 Å². The predicted molar refractivity (Wildman–Crippen MR) is 59.0 cm³/mol. The molecule has 0 saturated carbocycles. The van der Waals surface area contributed by atoms with Crippen molar-refractivity contribution in [1.29, 1.82) is 0 Å². The van der Waals surface area contributed by atoms with E-state index in [0.717, 1.165) is 29.4 Å². The summed E-state index contributed by atoms with van der Waals surface area (Å²) in [4.78, 5) is 10.4. The van der Waals surface area contributed by atoms with Crippen molar-refractivity contribution in [2.45, 2.75) is 13.3 Å². The Morgan fingerprint density at radius 3 is 2.80 bits per heavy atom. The maximum absolute atomic E-state index is 10.4. The first-order valence-electron chi connectivity index (χ1n) is 4.75. The largest absolute Gasteiger partial charge is 0.497 e. The standard InChI is InChI=1S/C12H14O3/c1-3-9-8-11(15-2)6-4-10(9)5-7-12(13)14/h4-8H,3H2,1-2H3,(H,13,14). The molecule has 0 radical (unpaired) electrons. The number of hydrogen-bond acceptors (Lipinski definition) is 2. The molecule has 0 saturated heterocycles. The van der Waals surface area contributed by atoms with E-state index in [1.165, 1.54) is 0 Å². The Kier molecular flexibility index (Phi) is 3.92. The molecule has 0 unspecified atom stereocenters. The number of carboxylic acid groups (broad SMARTS) is 1. The second-order valence-electron chi connectivity index (χ2n) is 3.09. The first-order valence-corrected chi connectivity index (χ1v) is 4.75. The molecule has 0 amide bonds. The van der Waals surface area contributed by atoms with Crippen LogP contribution < -0.4 is 4.74 Å². The minimum atomic E-state index is -0.937. The van der Waals surface area contributed by atoms with Crippen LogP contribution in [0.25, 0.3) is 6.08 Å². The van der Waals surface area contributed by atoms with Crippen LogP contribution in [0, 0.1) is 0 Å². The second kappa shape index (κ2) is 5.20. The summed E-state index contributed by atoms with van der Waals surface area (Å²) in [6.45, 7) is 2.02.